The van der Waals surface area contributed by atoms with E-state index >= 15 is 0 Å². The molecule has 1 aromatic carbocycles. The minimum absolute atomic E-state index is 0.115. The van der Waals surface area contributed by atoms with E-state index in [1.807, 2.05) is 15.9 Å². The van der Waals surface area contributed by atoms with Crippen molar-refractivity contribution in [1.29, 1.82) is 0 Å². The molecular weight excluding hydrogens is 312 g/mol. The number of benzene rings is 1. The summed E-state index contributed by atoms with van der Waals surface area (Å²) >= 11 is 0. The lowest BCUT2D eigenvalue weighted by Crippen LogP contribution is -2.42. The molecule has 0 spiro atoms. The summed E-state index contributed by atoms with van der Waals surface area (Å²) in [7, 11) is 0. The van der Waals surface area contributed by atoms with Gasteiger partial charge in [0, 0.05) is 39.0 Å². The molecule has 0 bridgehead atoms. The molecule has 136 valence electrons. The van der Waals surface area contributed by atoms with Crippen molar-refractivity contribution in [2.45, 2.75) is 70.9 Å². The number of rotatable bonds is 4. The van der Waals surface area contributed by atoms with Crippen LogP contribution in [0, 0.1) is 0 Å². The fraction of sp³-hybridized carbons (Fsp3) is 0.619. The topological polar surface area (TPSA) is 40.6 Å². The number of hydrogen-bond acceptors (Lipinski definition) is 2. The van der Waals surface area contributed by atoms with Crippen molar-refractivity contribution in [3.63, 3.8) is 0 Å². The molecular formula is C21H30N2O2. The van der Waals surface area contributed by atoms with Crippen LogP contribution in [0.3, 0.4) is 0 Å². The summed E-state index contributed by atoms with van der Waals surface area (Å²) in [6, 6.07) is 8.70. The fourth-order valence-electron chi connectivity index (χ4n) is 4.25. The molecule has 2 aliphatic rings. The van der Waals surface area contributed by atoms with Crippen molar-refractivity contribution in [3.05, 3.63) is 35.4 Å². The number of amides is 2. The first kappa shape index (κ1) is 18.0. The van der Waals surface area contributed by atoms with Crippen LogP contribution in [0.2, 0.25) is 0 Å². The van der Waals surface area contributed by atoms with Crippen LogP contribution >= 0.6 is 0 Å². The Bertz CT molecular complexity index is 606. The Labute approximate surface area is 151 Å². The van der Waals surface area contributed by atoms with Crippen LogP contribution in [0.25, 0.3) is 0 Å². The van der Waals surface area contributed by atoms with Gasteiger partial charge in [0.15, 0.2) is 0 Å². The van der Waals surface area contributed by atoms with E-state index < -0.39 is 0 Å². The third-order valence-electron chi connectivity index (χ3n) is 5.72. The summed E-state index contributed by atoms with van der Waals surface area (Å²) < 4.78 is 0. The minimum Gasteiger partial charge on any atom is -0.339 e. The maximum Gasteiger partial charge on any atom is 0.224 e. The highest BCUT2D eigenvalue weighted by molar-refractivity contribution is 5.78. The molecule has 1 fully saturated rings. The normalized spacial score (nSPS) is 18.4. The van der Waals surface area contributed by atoms with Crippen LogP contribution < -0.4 is 0 Å². The molecule has 0 atom stereocenters. The minimum atomic E-state index is 0.115. The van der Waals surface area contributed by atoms with E-state index in [1.165, 1.54) is 36.8 Å². The lowest BCUT2D eigenvalue weighted by Gasteiger charge is -2.32. The third-order valence-corrected chi connectivity index (χ3v) is 5.72. The van der Waals surface area contributed by atoms with Gasteiger partial charge in [0.2, 0.25) is 11.8 Å². The van der Waals surface area contributed by atoms with E-state index in [0.29, 0.717) is 25.6 Å². The number of fused-ring (bicyclic) bond motifs is 1. The van der Waals surface area contributed by atoms with E-state index in [-0.39, 0.29) is 11.8 Å². The summed E-state index contributed by atoms with van der Waals surface area (Å²) in [5, 5.41) is 0. The molecule has 3 rings (SSSR count). The van der Waals surface area contributed by atoms with Crippen LogP contribution in [0.1, 0.15) is 63.0 Å². The molecule has 1 aliphatic carbocycles. The van der Waals surface area contributed by atoms with Gasteiger partial charge in [-0.05, 0) is 30.4 Å². The predicted molar refractivity (Wildman–Crippen MR) is 99.1 cm³/mol. The molecule has 1 saturated carbocycles. The Morgan fingerprint density at radius 1 is 1.08 bits per heavy atom. The smallest absolute Gasteiger partial charge is 0.224 e. The Hall–Kier alpha value is -1.84. The van der Waals surface area contributed by atoms with Gasteiger partial charge in [-0.1, -0.05) is 49.9 Å². The van der Waals surface area contributed by atoms with Gasteiger partial charge in [-0.2, -0.15) is 0 Å². The Morgan fingerprint density at radius 3 is 2.44 bits per heavy atom. The largest absolute Gasteiger partial charge is 0.339 e. The second kappa shape index (κ2) is 8.50. The van der Waals surface area contributed by atoms with Gasteiger partial charge in [0.05, 0.1) is 0 Å². The van der Waals surface area contributed by atoms with E-state index in [0.717, 1.165) is 25.8 Å². The van der Waals surface area contributed by atoms with Crippen molar-refractivity contribution < 1.29 is 9.59 Å². The molecule has 2 amide bonds. The highest BCUT2D eigenvalue weighted by atomic mass is 16.2. The lowest BCUT2D eigenvalue weighted by molar-refractivity contribution is -0.135. The number of nitrogens with zero attached hydrogens (tertiary/aromatic N) is 2. The summed E-state index contributed by atoms with van der Waals surface area (Å²) in [6.07, 6.45) is 8.49. The SMILES string of the molecule is CC(=O)N(CCC(=O)N1CCc2ccccc2C1)C1CCCCCC1. The molecule has 25 heavy (non-hydrogen) atoms. The van der Waals surface area contributed by atoms with Crippen LogP contribution in [0.4, 0.5) is 0 Å². The van der Waals surface area contributed by atoms with Crippen molar-refractivity contribution in [3.8, 4) is 0 Å². The summed E-state index contributed by atoms with van der Waals surface area (Å²) in [5.41, 5.74) is 2.62. The van der Waals surface area contributed by atoms with E-state index in [1.54, 1.807) is 6.92 Å². The van der Waals surface area contributed by atoms with Gasteiger partial charge in [-0.3, -0.25) is 9.59 Å². The Kier molecular flexibility index (Phi) is 6.11. The zero-order chi connectivity index (χ0) is 17.6. The molecule has 0 radical (unpaired) electrons. The van der Waals surface area contributed by atoms with Crippen molar-refractivity contribution in [2.75, 3.05) is 13.1 Å². The standard InChI is InChI=1S/C21H30N2O2/c1-17(24)23(20-10-4-2-3-5-11-20)15-13-21(25)22-14-12-18-8-6-7-9-19(18)16-22/h6-9,20H,2-5,10-16H2,1H3. The molecule has 0 unspecified atom stereocenters. The number of hydrogen-bond donors (Lipinski definition) is 0. The maximum absolute atomic E-state index is 12.7. The first-order valence-electron chi connectivity index (χ1n) is 9.77. The molecule has 0 N–H and O–H groups in total. The van der Waals surface area contributed by atoms with Gasteiger partial charge in [-0.25, -0.2) is 0 Å². The van der Waals surface area contributed by atoms with Gasteiger partial charge >= 0.3 is 0 Å². The molecule has 4 nitrogen and oxygen atoms in total. The van der Waals surface area contributed by atoms with Gasteiger partial charge in [-0.15, -0.1) is 0 Å². The summed E-state index contributed by atoms with van der Waals surface area (Å²) in [6.45, 7) is 3.71. The zero-order valence-electron chi connectivity index (χ0n) is 15.4. The van der Waals surface area contributed by atoms with Gasteiger partial charge < -0.3 is 9.80 Å². The van der Waals surface area contributed by atoms with E-state index in [9.17, 15) is 9.59 Å². The first-order chi connectivity index (χ1) is 12.1. The van der Waals surface area contributed by atoms with Gasteiger partial charge in [0.1, 0.15) is 0 Å². The summed E-state index contributed by atoms with van der Waals surface area (Å²) in [4.78, 5) is 28.7. The highest BCUT2D eigenvalue weighted by Crippen LogP contribution is 2.23. The Balaban J connectivity index is 1.56. The average molecular weight is 342 g/mol. The zero-order valence-corrected chi connectivity index (χ0v) is 15.4. The average Bonchev–Trinajstić information content (AvgIpc) is 2.90. The van der Waals surface area contributed by atoms with Crippen molar-refractivity contribution in [1.82, 2.24) is 9.80 Å². The maximum atomic E-state index is 12.7. The van der Waals surface area contributed by atoms with Crippen LogP contribution in [0.5, 0.6) is 0 Å². The van der Waals surface area contributed by atoms with Crippen molar-refractivity contribution >= 4 is 11.8 Å². The quantitative estimate of drug-likeness (QED) is 0.785. The van der Waals surface area contributed by atoms with Crippen LogP contribution in [0.15, 0.2) is 24.3 Å². The molecule has 1 aromatic rings. The van der Waals surface area contributed by atoms with Crippen LogP contribution in [-0.2, 0) is 22.6 Å². The molecule has 1 heterocycles. The third kappa shape index (κ3) is 4.62. The fourth-order valence-corrected chi connectivity index (χ4v) is 4.25. The second-order valence-corrected chi connectivity index (χ2v) is 7.44. The predicted octanol–water partition coefficient (Wildman–Crippen LogP) is 3.53. The van der Waals surface area contributed by atoms with Gasteiger partial charge in [0.25, 0.3) is 0 Å². The summed E-state index contributed by atoms with van der Waals surface area (Å²) in [5.74, 6) is 0.290. The van der Waals surface area contributed by atoms with Crippen LogP contribution in [-0.4, -0.2) is 40.7 Å². The molecule has 0 aromatic heterocycles. The van der Waals surface area contributed by atoms with E-state index in [2.05, 4.69) is 18.2 Å². The molecule has 4 heteroatoms. The molecule has 0 saturated heterocycles. The lowest BCUT2D eigenvalue weighted by atomic mass is 9.99. The monoisotopic (exact) mass is 342 g/mol. The highest BCUT2D eigenvalue weighted by Gasteiger charge is 2.25. The first-order valence-corrected chi connectivity index (χ1v) is 9.77. The number of carbonyl (C=O) groups is 2. The van der Waals surface area contributed by atoms with Crippen molar-refractivity contribution in [2.24, 2.45) is 0 Å². The van der Waals surface area contributed by atoms with E-state index in [4.69, 9.17) is 0 Å². The molecule has 1 aliphatic heterocycles. The number of carbonyl (C=O) groups excluding carboxylic acids is 2. The Morgan fingerprint density at radius 2 is 1.76 bits per heavy atom. The second-order valence-electron chi connectivity index (χ2n) is 7.44.